The summed E-state index contributed by atoms with van der Waals surface area (Å²) in [6.07, 6.45) is 9.33. The largest absolute Gasteiger partial charge is 0.289 e. The number of nitrogens with zero attached hydrogens (tertiary/aromatic N) is 1. The fraction of sp³-hybridized carbons (Fsp3) is 0.588. The minimum absolute atomic E-state index is 0.504. The third-order valence-corrected chi connectivity index (χ3v) is 3.99. The van der Waals surface area contributed by atoms with Crippen LogP contribution in [0.25, 0.3) is 0 Å². The van der Waals surface area contributed by atoms with Gasteiger partial charge in [0.1, 0.15) is 0 Å². The second-order valence-electron chi connectivity index (χ2n) is 5.32. The van der Waals surface area contributed by atoms with E-state index in [4.69, 9.17) is 0 Å². The first-order valence-corrected chi connectivity index (χ1v) is 7.46. The first-order chi connectivity index (χ1) is 8.78. The molecule has 1 aliphatic heterocycles. The molecule has 0 amide bonds. The zero-order valence-electron chi connectivity index (χ0n) is 12.0. The van der Waals surface area contributed by atoms with E-state index < -0.39 is 0 Å². The molecule has 1 atom stereocenters. The monoisotopic (exact) mass is 243 g/mol. The lowest BCUT2D eigenvalue weighted by atomic mass is 9.89. The van der Waals surface area contributed by atoms with Crippen molar-refractivity contribution in [3.8, 4) is 0 Å². The van der Waals surface area contributed by atoms with Gasteiger partial charge in [-0.25, -0.2) is 0 Å². The van der Waals surface area contributed by atoms with Crippen molar-refractivity contribution < 1.29 is 0 Å². The highest BCUT2D eigenvalue weighted by molar-refractivity contribution is 5.83. The van der Waals surface area contributed by atoms with E-state index in [1.807, 2.05) is 0 Å². The van der Waals surface area contributed by atoms with Crippen molar-refractivity contribution >= 4 is 6.21 Å². The van der Waals surface area contributed by atoms with E-state index in [-0.39, 0.29) is 0 Å². The maximum absolute atomic E-state index is 4.63. The number of unbranched alkanes of at least 4 members (excludes halogenated alkanes) is 1. The fourth-order valence-electron chi connectivity index (χ4n) is 2.73. The Balaban J connectivity index is 2.30. The van der Waals surface area contributed by atoms with Crippen molar-refractivity contribution in [2.24, 2.45) is 4.99 Å². The lowest BCUT2D eigenvalue weighted by Crippen LogP contribution is -2.15. The third-order valence-electron chi connectivity index (χ3n) is 3.99. The van der Waals surface area contributed by atoms with E-state index in [9.17, 15) is 0 Å². The maximum atomic E-state index is 4.63. The van der Waals surface area contributed by atoms with Gasteiger partial charge < -0.3 is 0 Å². The molecule has 2 rings (SSSR count). The summed E-state index contributed by atoms with van der Waals surface area (Å²) in [5, 5.41) is 0. The molecule has 0 aromatic heterocycles. The number of rotatable bonds is 5. The van der Waals surface area contributed by atoms with E-state index in [0.29, 0.717) is 6.04 Å². The number of fused-ring (bicyclic) bond motifs is 1. The molecule has 1 aliphatic rings. The van der Waals surface area contributed by atoms with Crippen LogP contribution in [-0.4, -0.2) is 12.3 Å². The van der Waals surface area contributed by atoms with Crippen LogP contribution in [0.4, 0.5) is 0 Å². The smallest absolute Gasteiger partial charge is 0.0537 e. The van der Waals surface area contributed by atoms with Crippen molar-refractivity contribution in [2.75, 3.05) is 0 Å². The predicted octanol–water partition coefficient (Wildman–Crippen LogP) is 4.35. The molecule has 0 fully saturated rings. The summed E-state index contributed by atoms with van der Waals surface area (Å²) >= 11 is 0. The molecular weight excluding hydrogens is 218 g/mol. The molecule has 0 spiro atoms. The number of aliphatic imine (C=N–C) groups is 1. The van der Waals surface area contributed by atoms with Gasteiger partial charge in [-0.2, -0.15) is 0 Å². The predicted molar refractivity (Wildman–Crippen MR) is 79.8 cm³/mol. The molecule has 1 aromatic rings. The van der Waals surface area contributed by atoms with Gasteiger partial charge in [0.15, 0.2) is 0 Å². The Labute approximate surface area is 111 Å². The molecule has 1 heteroatoms. The van der Waals surface area contributed by atoms with Crippen LogP contribution in [0.5, 0.6) is 0 Å². The second kappa shape index (κ2) is 6.17. The Bertz CT molecular complexity index is 431. The van der Waals surface area contributed by atoms with Crippen LogP contribution in [-0.2, 0) is 19.3 Å². The average molecular weight is 243 g/mol. The van der Waals surface area contributed by atoms with Crippen LogP contribution >= 0.6 is 0 Å². The van der Waals surface area contributed by atoms with E-state index in [2.05, 4.69) is 44.1 Å². The molecule has 0 N–H and O–H groups in total. The second-order valence-corrected chi connectivity index (χ2v) is 5.32. The highest BCUT2D eigenvalue weighted by Gasteiger charge is 2.15. The molecule has 1 unspecified atom stereocenters. The van der Waals surface area contributed by atoms with Gasteiger partial charge in [0, 0.05) is 6.21 Å². The zero-order chi connectivity index (χ0) is 13.0. The topological polar surface area (TPSA) is 12.4 Å². The van der Waals surface area contributed by atoms with Crippen LogP contribution in [0.2, 0.25) is 0 Å². The van der Waals surface area contributed by atoms with Crippen LogP contribution in [0.3, 0.4) is 0 Å². The fourth-order valence-corrected chi connectivity index (χ4v) is 2.73. The standard InChI is InChI=1S/C17H25N/c1-4-7-8-14-10-15-11-17(6-3)18-12-16(15)9-13(14)5-2/h9-10,12,17H,4-8,11H2,1-3H3. The minimum Gasteiger partial charge on any atom is -0.289 e. The summed E-state index contributed by atoms with van der Waals surface area (Å²) in [6.45, 7) is 6.75. The maximum Gasteiger partial charge on any atom is 0.0537 e. The van der Waals surface area contributed by atoms with Gasteiger partial charge in [0.05, 0.1) is 6.04 Å². The lowest BCUT2D eigenvalue weighted by molar-refractivity contribution is 0.642. The molecule has 0 saturated heterocycles. The van der Waals surface area contributed by atoms with Crippen molar-refractivity contribution in [3.05, 3.63) is 34.4 Å². The van der Waals surface area contributed by atoms with E-state index >= 15 is 0 Å². The van der Waals surface area contributed by atoms with E-state index in [1.54, 1.807) is 5.56 Å². The molecule has 0 bridgehead atoms. The van der Waals surface area contributed by atoms with Gasteiger partial charge >= 0.3 is 0 Å². The molecule has 0 radical (unpaired) electrons. The Kier molecular flexibility index (Phi) is 4.57. The molecule has 18 heavy (non-hydrogen) atoms. The van der Waals surface area contributed by atoms with Crippen molar-refractivity contribution in [3.63, 3.8) is 0 Å². The highest BCUT2D eigenvalue weighted by atomic mass is 14.8. The van der Waals surface area contributed by atoms with Crippen LogP contribution in [0, 0.1) is 0 Å². The summed E-state index contributed by atoms with van der Waals surface area (Å²) < 4.78 is 0. The summed E-state index contributed by atoms with van der Waals surface area (Å²) in [5.41, 5.74) is 5.96. The molecule has 0 aliphatic carbocycles. The Morgan fingerprint density at radius 2 is 2.00 bits per heavy atom. The highest BCUT2D eigenvalue weighted by Crippen LogP contribution is 2.24. The SMILES string of the molecule is CCCCc1cc2c(cc1CC)C=NC(CC)C2. The van der Waals surface area contributed by atoms with Crippen molar-refractivity contribution in [2.45, 2.75) is 65.3 Å². The van der Waals surface area contributed by atoms with Crippen LogP contribution in [0.15, 0.2) is 17.1 Å². The van der Waals surface area contributed by atoms with Gasteiger partial charge in [0.25, 0.3) is 0 Å². The number of aryl methyl sites for hydroxylation is 2. The van der Waals surface area contributed by atoms with Gasteiger partial charge in [-0.1, -0.05) is 33.3 Å². The zero-order valence-corrected chi connectivity index (χ0v) is 12.0. The normalized spacial score (nSPS) is 17.8. The Morgan fingerprint density at radius 3 is 2.67 bits per heavy atom. The Hall–Kier alpha value is -1.11. The molecule has 1 nitrogen and oxygen atoms in total. The summed E-state index contributed by atoms with van der Waals surface area (Å²) in [5.74, 6) is 0. The van der Waals surface area contributed by atoms with Gasteiger partial charge in [-0.05, 0) is 60.4 Å². The van der Waals surface area contributed by atoms with Crippen molar-refractivity contribution in [1.29, 1.82) is 0 Å². The summed E-state index contributed by atoms with van der Waals surface area (Å²) in [6, 6.07) is 5.33. The molecule has 1 aromatic carbocycles. The minimum atomic E-state index is 0.504. The number of benzene rings is 1. The number of hydrogen-bond acceptors (Lipinski definition) is 1. The van der Waals surface area contributed by atoms with E-state index in [1.165, 1.54) is 36.0 Å². The van der Waals surface area contributed by atoms with Gasteiger partial charge in [0.2, 0.25) is 0 Å². The van der Waals surface area contributed by atoms with Gasteiger partial charge in [-0.15, -0.1) is 0 Å². The molecule has 1 heterocycles. The first-order valence-electron chi connectivity index (χ1n) is 7.46. The van der Waals surface area contributed by atoms with Crippen LogP contribution in [0.1, 0.15) is 62.3 Å². The van der Waals surface area contributed by atoms with Gasteiger partial charge in [-0.3, -0.25) is 4.99 Å². The number of hydrogen-bond donors (Lipinski definition) is 0. The lowest BCUT2D eigenvalue weighted by Gasteiger charge is -2.20. The summed E-state index contributed by atoms with van der Waals surface area (Å²) in [4.78, 5) is 4.63. The van der Waals surface area contributed by atoms with Crippen molar-refractivity contribution in [1.82, 2.24) is 0 Å². The third kappa shape index (κ3) is 2.82. The Morgan fingerprint density at radius 1 is 1.17 bits per heavy atom. The molecule has 98 valence electrons. The first kappa shape index (κ1) is 13.3. The average Bonchev–Trinajstić information content (AvgIpc) is 2.43. The molecule has 0 saturated carbocycles. The quantitative estimate of drug-likeness (QED) is 0.729. The van der Waals surface area contributed by atoms with E-state index in [0.717, 1.165) is 19.3 Å². The molecular formula is C17H25N. The summed E-state index contributed by atoms with van der Waals surface area (Å²) in [7, 11) is 0. The van der Waals surface area contributed by atoms with Crippen LogP contribution < -0.4 is 0 Å².